The highest BCUT2D eigenvalue weighted by Gasteiger charge is 2.26. The Hall–Kier alpha value is -1.89. The van der Waals surface area contributed by atoms with Gasteiger partial charge in [-0.2, -0.15) is 0 Å². The lowest BCUT2D eigenvalue weighted by molar-refractivity contribution is -0.141. The Morgan fingerprint density at radius 1 is 1.18 bits per heavy atom. The molecule has 116 valence electrons. The van der Waals surface area contributed by atoms with Crippen molar-refractivity contribution in [2.75, 3.05) is 0 Å². The number of nitrogens with one attached hydrogen (secondary N) is 1. The second-order valence-corrected chi connectivity index (χ2v) is 6.22. The standard InChI is InChI=1S/C15H14ClNO4S/c1-8(18)13(15(20)21)17-14(19)12-7-6-11(22-12)9-2-4-10(16)5-3-9/h2-8,13,18H,1H3,(H,17,19)(H,20,21). The number of aliphatic carboxylic acids is 1. The monoisotopic (exact) mass is 339 g/mol. The first-order valence-corrected chi connectivity index (χ1v) is 7.65. The summed E-state index contributed by atoms with van der Waals surface area (Å²) in [6, 6.07) is 9.24. The largest absolute Gasteiger partial charge is 0.480 e. The highest BCUT2D eigenvalue weighted by Crippen LogP contribution is 2.29. The van der Waals surface area contributed by atoms with Gasteiger partial charge < -0.3 is 15.5 Å². The van der Waals surface area contributed by atoms with E-state index in [0.29, 0.717) is 9.90 Å². The molecule has 2 atom stereocenters. The molecule has 2 unspecified atom stereocenters. The summed E-state index contributed by atoms with van der Waals surface area (Å²) < 4.78 is 0. The fourth-order valence-corrected chi connectivity index (χ4v) is 2.87. The highest BCUT2D eigenvalue weighted by molar-refractivity contribution is 7.17. The number of aliphatic hydroxyl groups excluding tert-OH is 1. The van der Waals surface area contributed by atoms with E-state index >= 15 is 0 Å². The van der Waals surface area contributed by atoms with Crippen molar-refractivity contribution in [3.05, 3.63) is 46.3 Å². The number of hydrogen-bond acceptors (Lipinski definition) is 4. The second kappa shape index (κ2) is 6.91. The van der Waals surface area contributed by atoms with Crippen LogP contribution in [0.4, 0.5) is 0 Å². The number of benzene rings is 1. The summed E-state index contributed by atoms with van der Waals surface area (Å²) in [6.45, 7) is 1.31. The first kappa shape index (κ1) is 16.5. The lowest BCUT2D eigenvalue weighted by atomic mass is 10.2. The Labute approximate surface area is 136 Å². The molecule has 0 saturated heterocycles. The average Bonchev–Trinajstić information content (AvgIpc) is 2.94. The molecule has 1 aromatic carbocycles. The number of carboxylic acid groups (broad SMARTS) is 1. The van der Waals surface area contributed by atoms with Crippen LogP contribution in [0, 0.1) is 0 Å². The van der Waals surface area contributed by atoms with Gasteiger partial charge in [0.15, 0.2) is 6.04 Å². The molecule has 0 bridgehead atoms. The molecule has 22 heavy (non-hydrogen) atoms. The smallest absolute Gasteiger partial charge is 0.328 e. The normalized spacial score (nSPS) is 13.4. The Bertz CT molecular complexity index is 681. The van der Waals surface area contributed by atoms with Crippen LogP contribution < -0.4 is 5.32 Å². The van der Waals surface area contributed by atoms with Crippen molar-refractivity contribution < 1.29 is 19.8 Å². The molecule has 5 nitrogen and oxygen atoms in total. The minimum absolute atomic E-state index is 0.372. The van der Waals surface area contributed by atoms with Crippen molar-refractivity contribution in [3.8, 4) is 10.4 Å². The number of carbonyl (C=O) groups excluding carboxylic acids is 1. The molecular weight excluding hydrogens is 326 g/mol. The van der Waals surface area contributed by atoms with Crippen molar-refractivity contribution >= 4 is 34.8 Å². The van der Waals surface area contributed by atoms with Crippen LogP contribution in [0.25, 0.3) is 10.4 Å². The number of halogens is 1. The SMILES string of the molecule is CC(O)C(NC(=O)c1ccc(-c2ccc(Cl)cc2)s1)C(=O)O. The number of carboxylic acids is 1. The Morgan fingerprint density at radius 3 is 2.36 bits per heavy atom. The van der Waals surface area contributed by atoms with E-state index in [4.69, 9.17) is 16.7 Å². The highest BCUT2D eigenvalue weighted by atomic mass is 35.5. The molecule has 0 spiro atoms. The minimum Gasteiger partial charge on any atom is -0.480 e. The van der Waals surface area contributed by atoms with Gasteiger partial charge in [0.05, 0.1) is 11.0 Å². The molecule has 0 fully saturated rings. The third-order valence-electron chi connectivity index (χ3n) is 2.99. The number of amides is 1. The van der Waals surface area contributed by atoms with Crippen molar-refractivity contribution in [2.45, 2.75) is 19.1 Å². The van der Waals surface area contributed by atoms with Gasteiger partial charge in [-0.05, 0) is 36.8 Å². The summed E-state index contributed by atoms with van der Waals surface area (Å²) in [5.41, 5.74) is 0.916. The summed E-state index contributed by atoms with van der Waals surface area (Å²) in [4.78, 5) is 24.3. The van der Waals surface area contributed by atoms with E-state index in [1.165, 1.54) is 18.3 Å². The molecule has 0 saturated carbocycles. The first-order chi connectivity index (χ1) is 10.4. The molecule has 2 aromatic rings. The van der Waals surface area contributed by atoms with Crippen molar-refractivity contribution in [1.29, 1.82) is 0 Å². The second-order valence-electron chi connectivity index (χ2n) is 4.70. The van der Waals surface area contributed by atoms with Crippen LogP contribution in [0.2, 0.25) is 5.02 Å². The van der Waals surface area contributed by atoms with Gasteiger partial charge in [0.1, 0.15) is 0 Å². The van der Waals surface area contributed by atoms with Crippen LogP contribution in [0.15, 0.2) is 36.4 Å². The topological polar surface area (TPSA) is 86.6 Å². The maximum absolute atomic E-state index is 12.1. The van der Waals surface area contributed by atoms with E-state index in [-0.39, 0.29) is 0 Å². The van der Waals surface area contributed by atoms with Gasteiger partial charge in [-0.15, -0.1) is 11.3 Å². The van der Waals surface area contributed by atoms with E-state index in [0.717, 1.165) is 10.4 Å². The predicted molar refractivity (Wildman–Crippen MR) is 85.3 cm³/mol. The molecule has 0 radical (unpaired) electrons. The summed E-state index contributed by atoms with van der Waals surface area (Å²) in [7, 11) is 0. The molecule has 7 heteroatoms. The van der Waals surface area contributed by atoms with Crippen LogP contribution >= 0.6 is 22.9 Å². The lowest BCUT2D eigenvalue weighted by Crippen LogP contribution is -2.47. The van der Waals surface area contributed by atoms with Crippen molar-refractivity contribution in [3.63, 3.8) is 0 Å². The van der Waals surface area contributed by atoms with Crippen LogP contribution in [0.3, 0.4) is 0 Å². The quantitative estimate of drug-likeness (QED) is 0.781. The zero-order valence-electron chi connectivity index (χ0n) is 11.6. The Kier molecular flexibility index (Phi) is 5.18. The average molecular weight is 340 g/mol. The fourth-order valence-electron chi connectivity index (χ4n) is 1.83. The molecule has 1 aromatic heterocycles. The molecule has 1 heterocycles. The lowest BCUT2D eigenvalue weighted by Gasteiger charge is -2.16. The van der Waals surface area contributed by atoms with E-state index in [1.807, 2.05) is 12.1 Å². The van der Waals surface area contributed by atoms with E-state index in [1.54, 1.807) is 24.3 Å². The summed E-state index contributed by atoms with van der Waals surface area (Å²) >= 11 is 7.07. The molecule has 0 aliphatic carbocycles. The summed E-state index contributed by atoms with van der Waals surface area (Å²) in [5.74, 6) is -1.81. The number of thiophene rings is 1. The number of hydrogen-bond donors (Lipinski definition) is 3. The van der Waals surface area contributed by atoms with Gasteiger partial charge in [0.2, 0.25) is 0 Å². The van der Waals surface area contributed by atoms with Gasteiger partial charge in [-0.1, -0.05) is 23.7 Å². The van der Waals surface area contributed by atoms with Gasteiger partial charge in [0.25, 0.3) is 5.91 Å². The van der Waals surface area contributed by atoms with Gasteiger partial charge >= 0.3 is 5.97 Å². The number of carbonyl (C=O) groups is 2. The molecule has 2 rings (SSSR count). The van der Waals surface area contributed by atoms with Crippen molar-refractivity contribution in [1.82, 2.24) is 5.32 Å². The summed E-state index contributed by atoms with van der Waals surface area (Å²) in [6.07, 6.45) is -1.18. The van der Waals surface area contributed by atoms with Crippen LogP contribution in [0.5, 0.6) is 0 Å². The Morgan fingerprint density at radius 2 is 1.82 bits per heavy atom. The van der Waals surface area contributed by atoms with E-state index in [9.17, 15) is 14.7 Å². The zero-order chi connectivity index (χ0) is 16.3. The van der Waals surface area contributed by atoms with Gasteiger partial charge in [-0.3, -0.25) is 4.79 Å². The van der Waals surface area contributed by atoms with E-state index in [2.05, 4.69) is 5.32 Å². The fraction of sp³-hybridized carbons (Fsp3) is 0.200. The Balaban J connectivity index is 2.15. The van der Waals surface area contributed by atoms with Crippen LogP contribution in [0.1, 0.15) is 16.6 Å². The molecular formula is C15H14ClNO4S. The number of aliphatic hydroxyl groups is 1. The molecule has 1 amide bonds. The van der Waals surface area contributed by atoms with Gasteiger partial charge in [0, 0.05) is 9.90 Å². The van der Waals surface area contributed by atoms with Gasteiger partial charge in [-0.25, -0.2) is 4.79 Å². The molecule has 0 aliphatic rings. The third kappa shape index (κ3) is 3.85. The summed E-state index contributed by atoms with van der Waals surface area (Å²) in [5, 5.41) is 21.3. The maximum atomic E-state index is 12.1. The zero-order valence-corrected chi connectivity index (χ0v) is 13.2. The maximum Gasteiger partial charge on any atom is 0.328 e. The van der Waals surface area contributed by atoms with Crippen molar-refractivity contribution in [2.24, 2.45) is 0 Å². The third-order valence-corrected chi connectivity index (χ3v) is 4.38. The predicted octanol–water partition coefficient (Wildman–Crippen LogP) is 2.63. The first-order valence-electron chi connectivity index (χ1n) is 6.46. The molecule has 3 N–H and O–H groups in total. The van der Waals surface area contributed by atoms with Crippen LogP contribution in [-0.4, -0.2) is 34.2 Å². The molecule has 0 aliphatic heterocycles. The van der Waals surface area contributed by atoms with Crippen LogP contribution in [-0.2, 0) is 4.79 Å². The number of rotatable bonds is 5. The van der Waals surface area contributed by atoms with E-state index < -0.39 is 24.0 Å². The minimum atomic E-state index is -1.34.